The predicted molar refractivity (Wildman–Crippen MR) is 90.9 cm³/mol. The second kappa shape index (κ2) is 7.81. The van der Waals surface area contributed by atoms with Crippen LogP contribution in [0, 0.1) is 5.92 Å². The van der Waals surface area contributed by atoms with Gasteiger partial charge in [-0.25, -0.2) is 4.79 Å². The minimum Gasteiger partial charge on any atom is -0.481 e. The van der Waals surface area contributed by atoms with Crippen LogP contribution in [-0.4, -0.2) is 32.7 Å². The highest BCUT2D eigenvalue weighted by Gasteiger charge is 2.18. The molecule has 2 N–H and O–H groups in total. The molecule has 0 fully saturated rings. The minimum absolute atomic E-state index is 0.0726. The molecule has 0 radical (unpaired) electrons. The summed E-state index contributed by atoms with van der Waals surface area (Å²) in [4.78, 5) is 35.7. The van der Waals surface area contributed by atoms with E-state index in [-0.39, 0.29) is 24.7 Å². The molecular weight excluding hydrogens is 310 g/mol. The fourth-order valence-corrected chi connectivity index (χ4v) is 2.83. The third-order valence-corrected chi connectivity index (χ3v) is 4.08. The van der Waals surface area contributed by atoms with E-state index in [1.807, 2.05) is 32.0 Å². The maximum atomic E-state index is 12.5. The maximum absolute atomic E-state index is 12.5. The largest absolute Gasteiger partial charge is 0.481 e. The van der Waals surface area contributed by atoms with Gasteiger partial charge < -0.3 is 10.4 Å². The van der Waals surface area contributed by atoms with E-state index < -0.39 is 11.9 Å². The molecule has 0 bridgehead atoms. The van der Waals surface area contributed by atoms with Crippen LogP contribution in [0.1, 0.15) is 26.7 Å². The summed E-state index contributed by atoms with van der Waals surface area (Å²) < 4.78 is 3.03. The lowest BCUT2D eigenvalue weighted by Gasteiger charge is -2.12. The number of carboxylic acid groups (broad SMARTS) is 1. The quantitative estimate of drug-likeness (QED) is 0.764. The Morgan fingerprint density at radius 2 is 1.79 bits per heavy atom. The first kappa shape index (κ1) is 17.8. The number of imidazole rings is 1. The molecule has 0 spiro atoms. The number of nitrogens with one attached hydrogen (secondary N) is 1. The van der Waals surface area contributed by atoms with Crippen molar-refractivity contribution in [1.29, 1.82) is 0 Å². The standard InChI is InChI=1S/C17H23N3O4/c1-3-7-12(16(22)23)10-18-15(21)11-20-14-9-6-5-8-13(14)19(4-2)17(20)24/h5-6,8-9,12H,3-4,7,10-11H2,1-2H3,(H,18,21)(H,22,23). The van der Waals surface area contributed by atoms with Crippen LogP contribution in [-0.2, 0) is 22.7 Å². The second-order valence-electron chi connectivity index (χ2n) is 5.73. The number of amides is 1. The average Bonchev–Trinajstić information content (AvgIpc) is 2.83. The normalized spacial score (nSPS) is 12.2. The summed E-state index contributed by atoms with van der Waals surface area (Å²) in [5.74, 6) is -1.89. The Bertz CT molecular complexity index is 791. The molecule has 1 unspecified atom stereocenters. The van der Waals surface area contributed by atoms with E-state index in [4.69, 9.17) is 5.11 Å². The molecule has 1 heterocycles. The van der Waals surface area contributed by atoms with Crippen LogP contribution in [0.4, 0.5) is 0 Å². The van der Waals surface area contributed by atoms with Crippen LogP contribution < -0.4 is 11.0 Å². The molecule has 1 aromatic carbocycles. The number of carbonyl (C=O) groups is 2. The van der Waals surface area contributed by atoms with Crippen LogP contribution >= 0.6 is 0 Å². The fourth-order valence-electron chi connectivity index (χ4n) is 2.83. The average molecular weight is 333 g/mol. The monoisotopic (exact) mass is 333 g/mol. The van der Waals surface area contributed by atoms with Crippen LogP contribution in [0.3, 0.4) is 0 Å². The van der Waals surface area contributed by atoms with Gasteiger partial charge in [0.25, 0.3) is 0 Å². The summed E-state index contributed by atoms with van der Waals surface area (Å²) in [6, 6.07) is 7.31. The van der Waals surface area contributed by atoms with E-state index in [1.165, 1.54) is 4.57 Å². The van der Waals surface area contributed by atoms with E-state index in [9.17, 15) is 14.4 Å². The Hall–Kier alpha value is -2.57. The first-order chi connectivity index (χ1) is 11.5. The third kappa shape index (κ3) is 3.67. The molecule has 7 heteroatoms. The first-order valence-corrected chi connectivity index (χ1v) is 8.17. The Morgan fingerprint density at radius 3 is 2.33 bits per heavy atom. The van der Waals surface area contributed by atoms with Gasteiger partial charge in [-0.2, -0.15) is 0 Å². The Balaban J connectivity index is 2.15. The SMILES string of the molecule is CCCC(CNC(=O)Cn1c(=O)n(CC)c2ccccc21)C(=O)O. The molecule has 0 aliphatic carbocycles. The lowest BCUT2D eigenvalue weighted by molar-refractivity contribution is -0.141. The van der Waals surface area contributed by atoms with Crippen LogP contribution in [0.15, 0.2) is 29.1 Å². The molecule has 24 heavy (non-hydrogen) atoms. The van der Waals surface area contributed by atoms with Crippen molar-refractivity contribution >= 4 is 22.9 Å². The van der Waals surface area contributed by atoms with Gasteiger partial charge >= 0.3 is 11.7 Å². The molecule has 0 aliphatic heterocycles. The number of nitrogens with zero attached hydrogens (tertiary/aromatic N) is 2. The number of hydrogen-bond acceptors (Lipinski definition) is 3. The van der Waals surface area contributed by atoms with E-state index in [0.29, 0.717) is 18.5 Å². The molecule has 7 nitrogen and oxygen atoms in total. The van der Waals surface area contributed by atoms with Gasteiger partial charge in [-0.1, -0.05) is 25.5 Å². The number of hydrogen-bond donors (Lipinski definition) is 2. The van der Waals surface area contributed by atoms with Gasteiger partial charge in [0.15, 0.2) is 0 Å². The van der Waals surface area contributed by atoms with Crippen molar-refractivity contribution in [2.45, 2.75) is 39.8 Å². The first-order valence-electron chi connectivity index (χ1n) is 8.17. The highest BCUT2D eigenvalue weighted by Crippen LogP contribution is 2.12. The Morgan fingerprint density at radius 1 is 1.17 bits per heavy atom. The summed E-state index contributed by atoms with van der Waals surface area (Å²) in [5, 5.41) is 11.7. The van der Waals surface area contributed by atoms with Gasteiger partial charge in [0, 0.05) is 13.1 Å². The number of para-hydroxylation sites is 2. The molecule has 0 aliphatic rings. The highest BCUT2D eigenvalue weighted by atomic mass is 16.4. The summed E-state index contributed by atoms with van der Waals surface area (Å²) in [5.41, 5.74) is 1.24. The number of aromatic nitrogens is 2. The fraction of sp³-hybridized carbons (Fsp3) is 0.471. The van der Waals surface area contributed by atoms with Crippen molar-refractivity contribution in [1.82, 2.24) is 14.5 Å². The van der Waals surface area contributed by atoms with Crippen molar-refractivity contribution in [3.8, 4) is 0 Å². The Kier molecular flexibility index (Phi) is 5.78. The smallest absolute Gasteiger partial charge is 0.329 e. The highest BCUT2D eigenvalue weighted by molar-refractivity contribution is 5.81. The third-order valence-electron chi connectivity index (χ3n) is 4.08. The van der Waals surface area contributed by atoms with Crippen molar-refractivity contribution in [2.24, 2.45) is 5.92 Å². The van der Waals surface area contributed by atoms with Gasteiger partial charge in [-0.05, 0) is 25.5 Å². The molecule has 1 amide bonds. The lowest BCUT2D eigenvalue weighted by Crippen LogP contribution is -2.37. The van der Waals surface area contributed by atoms with Crippen molar-refractivity contribution in [2.75, 3.05) is 6.54 Å². The zero-order valence-electron chi connectivity index (χ0n) is 14.0. The molecule has 2 aromatic rings. The predicted octanol–water partition coefficient (Wildman–Crippen LogP) is 1.44. The molecular formula is C17H23N3O4. The molecule has 2 rings (SSSR count). The number of benzene rings is 1. The van der Waals surface area contributed by atoms with Gasteiger partial charge in [0.1, 0.15) is 6.54 Å². The number of aryl methyl sites for hydroxylation is 1. The summed E-state index contributed by atoms with van der Waals surface area (Å²) in [7, 11) is 0. The van der Waals surface area contributed by atoms with Gasteiger partial charge in [0.05, 0.1) is 17.0 Å². The number of carbonyl (C=O) groups excluding carboxylic acids is 1. The topological polar surface area (TPSA) is 93.3 Å². The molecule has 1 atom stereocenters. The van der Waals surface area contributed by atoms with E-state index in [2.05, 4.69) is 5.32 Å². The summed E-state index contributed by atoms with van der Waals surface area (Å²) in [6.07, 6.45) is 1.24. The Labute approximate surface area is 139 Å². The number of aliphatic carboxylic acids is 1. The molecule has 0 saturated heterocycles. The van der Waals surface area contributed by atoms with Gasteiger partial charge in [-0.15, -0.1) is 0 Å². The second-order valence-corrected chi connectivity index (χ2v) is 5.73. The molecule has 130 valence electrons. The zero-order chi connectivity index (χ0) is 17.7. The minimum atomic E-state index is -0.920. The van der Waals surface area contributed by atoms with E-state index in [1.54, 1.807) is 10.6 Å². The van der Waals surface area contributed by atoms with Gasteiger partial charge in [-0.3, -0.25) is 18.7 Å². The van der Waals surface area contributed by atoms with E-state index in [0.717, 1.165) is 11.9 Å². The summed E-state index contributed by atoms with van der Waals surface area (Å²) >= 11 is 0. The molecule has 0 saturated carbocycles. The summed E-state index contributed by atoms with van der Waals surface area (Å²) in [6.45, 7) is 4.25. The maximum Gasteiger partial charge on any atom is 0.329 e. The number of fused-ring (bicyclic) bond motifs is 1. The number of rotatable bonds is 8. The van der Waals surface area contributed by atoms with Crippen LogP contribution in [0.2, 0.25) is 0 Å². The number of carboxylic acids is 1. The van der Waals surface area contributed by atoms with Crippen LogP contribution in [0.5, 0.6) is 0 Å². The van der Waals surface area contributed by atoms with Gasteiger partial charge in [0.2, 0.25) is 5.91 Å². The van der Waals surface area contributed by atoms with Crippen molar-refractivity contribution in [3.05, 3.63) is 34.7 Å². The zero-order valence-corrected chi connectivity index (χ0v) is 14.0. The molecule has 1 aromatic heterocycles. The van der Waals surface area contributed by atoms with E-state index >= 15 is 0 Å². The van der Waals surface area contributed by atoms with Crippen LogP contribution in [0.25, 0.3) is 11.0 Å². The van der Waals surface area contributed by atoms with Crippen molar-refractivity contribution in [3.63, 3.8) is 0 Å². The lowest BCUT2D eigenvalue weighted by atomic mass is 10.0. The van der Waals surface area contributed by atoms with Crippen molar-refractivity contribution < 1.29 is 14.7 Å².